The first-order valence-electron chi connectivity index (χ1n) is 9.74. The molecule has 0 saturated carbocycles. The number of rotatable bonds is 6. The van der Waals surface area contributed by atoms with Gasteiger partial charge in [0.25, 0.3) is 0 Å². The fourth-order valence-electron chi connectivity index (χ4n) is 3.87. The number of hydrogen-bond acceptors (Lipinski definition) is 4. The number of aromatic nitrogens is 3. The van der Waals surface area contributed by atoms with Gasteiger partial charge in [-0.1, -0.05) is 24.3 Å². The summed E-state index contributed by atoms with van der Waals surface area (Å²) >= 11 is 0. The van der Waals surface area contributed by atoms with Gasteiger partial charge in [-0.05, 0) is 56.1 Å². The molecule has 4 rings (SSSR count). The fraction of sp³-hybridized carbons (Fsp3) is 0.318. The Hall–Kier alpha value is -2.99. The molecule has 1 N–H and O–H groups in total. The molecule has 1 fully saturated rings. The minimum atomic E-state index is -0.293. The number of nitrogens with zero attached hydrogens (tertiary/aromatic N) is 4. The summed E-state index contributed by atoms with van der Waals surface area (Å²) in [5.41, 5.74) is 3.04. The van der Waals surface area contributed by atoms with Crippen LogP contribution in [0.15, 0.2) is 61.2 Å². The van der Waals surface area contributed by atoms with Crippen LogP contribution in [0.2, 0.25) is 0 Å². The molecule has 0 radical (unpaired) electrons. The molecular formula is C22H25N5O. The van der Waals surface area contributed by atoms with Gasteiger partial charge in [0.15, 0.2) is 0 Å². The van der Waals surface area contributed by atoms with E-state index in [4.69, 9.17) is 0 Å². The van der Waals surface area contributed by atoms with E-state index < -0.39 is 0 Å². The van der Waals surface area contributed by atoms with Crippen molar-refractivity contribution in [3.05, 3.63) is 78.1 Å². The first kappa shape index (κ1) is 18.4. The molecule has 0 bridgehead atoms. The monoisotopic (exact) mass is 375 g/mol. The minimum absolute atomic E-state index is 0.0204. The van der Waals surface area contributed by atoms with Crippen LogP contribution in [0.3, 0.4) is 0 Å². The van der Waals surface area contributed by atoms with Gasteiger partial charge >= 0.3 is 0 Å². The second kappa shape index (κ2) is 8.35. The van der Waals surface area contributed by atoms with E-state index in [0.717, 1.165) is 48.6 Å². The largest absolute Gasteiger partial charge is 0.350 e. The Kier molecular flexibility index (Phi) is 5.48. The van der Waals surface area contributed by atoms with Crippen LogP contribution in [0.5, 0.6) is 0 Å². The van der Waals surface area contributed by atoms with E-state index in [0.29, 0.717) is 6.54 Å². The van der Waals surface area contributed by atoms with Crippen molar-refractivity contribution in [1.29, 1.82) is 0 Å². The smallest absolute Gasteiger partial charge is 0.242 e. The average Bonchev–Trinajstić information content (AvgIpc) is 3.40. The highest BCUT2D eigenvalue weighted by molar-refractivity contribution is 5.83. The molecule has 28 heavy (non-hydrogen) atoms. The first-order valence-corrected chi connectivity index (χ1v) is 9.74. The third-order valence-electron chi connectivity index (χ3n) is 5.28. The number of pyridine rings is 1. The summed E-state index contributed by atoms with van der Waals surface area (Å²) in [5.74, 6) is 0.941. The van der Waals surface area contributed by atoms with Gasteiger partial charge in [-0.3, -0.25) is 14.7 Å². The van der Waals surface area contributed by atoms with Crippen molar-refractivity contribution in [2.24, 2.45) is 0 Å². The van der Waals surface area contributed by atoms with Crippen LogP contribution in [0.4, 0.5) is 0 Å². The van der Waals surface area contributed by atoms with Crippen molar-refractivity contribution >= 4 is 5.91 Å². The van der Waals surface area contributed by atoms with Gasteiger partial charge in [0.05, 0.1) is 5.69 Å². The number of benzene rings is 1. The Morgan fingerprint density at radius 1 is 1.14 bits per heavy atom. The number of aryl methyl sites for hydroxylation is 1. The predicted octanol–water partition coefficient (Wildman–Crippen LogP) is 3.03. The Labute approximate surface area is 165 Å². The number of amides is 1. The summed E-state index contributed by atoms with van der Waals surface area (Å²) in [6.07, 6.45) is 9.53. The molecule has 0 spiro atoms. The lowest BCUT2D eigenvalue weighted by Gasteiger charge is -2.26. The molecule has 6 heteroatoms. The van der Waals surface area contributed by atoms with Crippen LogP contribution in [0.1, 0.15) is 35.8 Å². The maximum Gasteiger partial charge on any atom is 0.242 e. The highest BCUT2D eigenvalue weighted by Crippen LogP contribution is 2.25. The van der Waals surface area contributed by atoms with Crippen LogP contribution in [0.25, 0.3) is 5.69 Å². The van der Waals surface area contributed by atoms with Gasteiger partial charge in [0.2, 0.25) is 5.91 Å². The van der Waals surface area contributed by atoms with E-state index in [1.165, 1.54) is 0 Å². The van der Waals surface area contributed by atoms with Crippen molar-refractivity contribution in [2.45, 2.75) is 32.4 Å². The molecule has 1 aliphatic heterocycles. The SMILES string of the molecule is Cc1nccn1-c1ccccc1CNC(=O)[C@H](c1cccnc1)N1CCCC1. The maximum atomic E-state index is 13.2. The standard InChI is InChI=1S/C22H25N5O/c1-17-24-11-14-27(17)20-9-3-2-7-18(20)16-25-22(28)21(26-12-4-5-13-26)19-8-6-10-23-15-19/h2-3,6-11,14-15,21H,4-5,12-13,16H2,1H3,(H,25,28)/t21-/m0/s1. The number of nitrogens with one attached hydrogen (secondary N) is 1. The Bertz CT molecular complexity index is 931. The summed E-state index contributed by atoms with van der Waals surface area (Å²) in [7, 11) is 0. The summed E-state index contributed by atoms with van der Waals surface area (Å²) < 4.78 is 2.04. The molecule has 0 aliphatic carbocycles. The summed E-state index contributed by atoms with van der Waals surface area (Å²) in [4.78, 5) is 23.9. The molecule has 2 aromatic heterocycles. The van der Waals surface area contributed by atoms with E-state index >= 15 is 0 Å². The third-order valence-corrected chi connectivity index (χ3v) is 5.28. The number of imidazole rings is 1. The maximum absolute atomic E-state index is 13.2. The zero-order valence-electron chi connectivity index (χ0n) is 16.1. The molecule has 1 aromatic carbocycles. The second-order valence-corrected chi connectivity index (χ2v) is 7.12. The van der Waals surface area contributed by atoms with Gasteiger partial charge in [-0.25, -0.2) is 4.98 Å². The number of carbonyl (C=O) groups excluding carboxylic acids is 1. The van der Waals surface area contributed by atoms with Crippen LogP contribution in [0, 0.1) is 6.92 Å². The number of carbonyl (C=O) groups is 1. The third kappa shape index (κ3) is 3.82. The number of likely N-dealkylation sites (tertiary alicyclic amines) is 1. The van der Waals surface area contributed by atoms with Gasteiger partial charge in [0, 0.05) is 31.3 Å². The summed E-state index contributed by atoms with van der Waals surface area (Å²) in [6, 6.07) is 11.7. The lowest BCUT2D eigenvalue weighted by molar-refractivity contribution is -0.126. The van der Waals surface area contributed by atoms with E-state index in [1.54, 1.807) is 18.6 Å². The molecule has 6 nitrogen and oxygen atoms in total. The zero-order valence-corrected chi connectivity index (χ0v) is 16.1. The van der Waals surface area contributed by atoms with Crippen molar-refractivity contribution < 1.29 is 4.79 Å². The summed E-state index contributed by atoms with van der Waals surface area (Å²) in [6.45, 7) is 4.33. The van der Waals surface area contributed by atoms with Gasteiger partial charge in [-0.2, -0.15) is 0 Å². The molecule has 3 aromatic rings. The lowest BCUT2D eigenvalue weighted by Crippen LogP contribution is -2.39. The van der Waals surface area contributed by atoms with Crippen LogP contribution < -0.4 is 5.32 Å². The van der Waals surface area contributed by atoms with E-state index in [2.05, 4.69) is 26.3 Å². The van der Waals surface area contributed by atoms with Crippen molar-refractivity contribution in [3.8, 4) is 5.69 Å². The number of hydrogen-bond donors (Lipinski definition) is 1. The zero-order chi connectivity index (χ0) is 19.3. The number of para-hydroxylation sites is 1. The minimum Gasteiger partial charge on any atom is -0.350 e. The first-order chi connectivity index (χ1) is 13.7. The van der Waals surface area contributed by atoms with Crippen molar-refractivity contribution in [2.75, 3.05) is 13.1 Å². The van der Waals surface area contributed by atoms with Crippen molar-refractivity contribution in [1.82, 2.24) is 24.8 Å². The molecule has 3 heterocycles. The molecule has 1 saturated heterocycles. The Morgan fingerprint density at radius 2 is 1.96 bits per heavy atom. The molecule has 1 amide bonds. The van der Waals surface area contributed by atoms with Gasteiger partial charge < -0.3 is 9.88 Å². The highest BCUT2D eigenvalue weighted by Gasteiger charge is 2.29. The highest BCUT2D eigenvalue weighted by atomic mass is 16.2. The van der Waals surface area contributed by atoms with E-state index in [9.17, 15) is 4.79 Å². The van der Waals surface area contributed by atoms with Crippen LogP contribution in [-0.2, 0) is 11.3 Å². The van der Waals surface area contributed by atoms with Crippen LogP contribution in [-0.4, -0.2) is 38.4 Å². The quantitative estimate of drug-likeness (QED) is 0.719. The fourth-order valence-corrected chi connectivity index (χ4v) is 3.87. The molecular weight excluding hydrogens is 350 g/mol. The van der Waals surface area contributed by atoms with Gasteiger partial charge in [-0.15, -0.1) is 0 Å². The summed E-state index contributed by atoms with van der Waals surface area (Å²) in [5, 5.41) is 3.15. The Balaban J connectivity index is 1.54. The van der Waals surface area contributed by atoms with E-state index in [-0.39, 0.29) is 11.9 Å². The second-order valence-electron chi connectivity index (χ2n) is 7.12. The normalized spacial score (nSPS) is 15.5. The molecule has 0 unspecified atom stereocenters. The molecule has 1 atom stereocenters. The van der Waals surface area contributed by atoms with Gasteiger partial charge in [0.1, 0.15) is 11.9 Å². The predicted molar refractivity (Wildman–Crippen MR) is 108 cm³/mol. The van der Waals surface area contributed by atoms with E-state index in [1.807, 2.05) is 48.0 Å². The molecule has 144 valence electrons. The Morgan fingerprint density at radius 3 is 2.68 bits per heavy atom. The average molecular weight is 375 g/mol. The molecule has 1 aliphatic rings. The van der Waals surface area contributed by atoms with Crippen LogP contribution >= 0.6 is 0 Å². The van der Waals surface area contributed by atoms with Crippen molar-refractivity contribution in [3.63, 3.8) is 0 Å². The topological polar surface area (TPSA) is 63.1 Å². The lowest BCUT2D eigenvalue weighted by atomic mass is 10.1.